The zero-order valence-electron chi connectivity index (χ0n) is 45.9. The first kappa shape index (κ1) is 51.8. The molecule has 2 heteroatoms. The second-order valence-corrected chi connectivity index (χ2v) is 21.2. The molecule has 0 saturated heterocycles. The average Bonchev–Trinajstić information content (AvgIpc) is 4.09. The Morgan fingerprint density at radius 1 is 0.623 bits per heavy atom. The Morgan fingerprint density at radius 2 is 1.31 bits per heavy atom. The molecule has 0 spiro atoms. The van der Waals surface area contributed by atoms with Crippen molar-refractivity contribution >= 4 is 33.1 Å². The van der Waals surface area contributed by atoms with Crippen LogP contribution in [0.15, 0.2) is 278 Å². The van der Waals surface area contributed by atoms with E-state index >= 15 is 0 Å². The summed E-state index contributed by atoms with van der Waals surface area (Å²) in [6.07, 6.45) is 28.5. The van der Waals surface area contributed by atoms with Gasteiger partial charge in [-0.2, -0.15) is 0 Å². The van der Waals surface area contributed by atoms with E-state index in [-0.39, 0.29) is 17.3 Å². The molecule has 0 aliphatic heterocycles. The van der Waals surface area contributed by atoms with Gasteiger partial charge in [0.1, 0.15) is 0 Å². The molecule has 7 aromatic carbocycles. The number of benzene rings is 7. The number of allylic oxidation sites excluding steroid dienone is 19. The first-order valence-electron chi connectivity index (χ1n) is 27.1. The molecule has 2 aliphatic carbocycles. The molecule has 2 aliphatic rings. The highest BCUT2D eigenvalue weighted by Gasteiger charge is 2.36. The minimum atomic E-state index is -0.160. The maximum atomic E-state index is 4.53. The summed E-state index contributed by atoms with van der Waals surface area (Å²) in [4.78, 5) is 0. The van der Waals surface area contributed by atoms with Crippen molar-refractivity contribution in [3.05, 3.63) is 295 Å². The zero-order valence-corrected chi connectivity index (χ0v) is 45.9. The monoisotopic (exact) mass is 999 g/mol. The van der Waals surface area contributed by atoms with Crippen molar-refractivity contribution in [3.8, 4) is 50.2 Å². The van der Waals surface area contributed by atoms with E-state index in [0.717, 1.165) is 73.6 Å². The molecule has 0 radical (unpaired) electrons. The third-order valence-electron chi connectivity index (χ3n) is 15.7. The Labute approximate surface area is 457 Å². The minimum Gasteiger partial charge on any atom is -0.358 e. The van der Waals surface area contributed by atoms with Crippen LogP contribution >= 0.6 is 0 Å². The van der Waals surface area contributed by atoms with Gasteiger partial charge in [0.25, 0.3) is 0 Å². The van der Waals surface area contributed by atoms with Gasteiger partial charge in [0.05, 0.1) is 16.7 Å². The smallest absolute Gasteiger partial charge is 0.0619 e. The first-order valence-corrected chi connectivity index (χ1v) is 27.1. The molecule has 0 amide bonds. The lowest BCUT2D eigenvalue weighted by Gasteiger charge is -2.24. The Balaban J connectivity index is 1.21. The summed E-state index contributed by atoms with van der Waals surface area (Å²) < 4.78 is 2.53. The van der Waals surface area contributed by atoms with E-state index in [2.05, 4.69) is 283 Å². The number of nitrogens with zero attached hydrogens (tertiary/aromatic N) is 1. The van der Waals surface area contributed by atoms with Gasteiger partial charge in [0.2, 0.25) is 0 Å². The molecular weight excluding hydrogens is 929 g/mol. The van der Waals surface area contributed by atoms with Gasteiger partial charge in [-0.15, -0.1) is 0 Å². The highest BCUT2D eigenvalue weighted by atomic mass is 15.0. The van der Waals surface area contributed by atoms with Crippen LogP contribution in [0.1, 0.15) is 71.6 Å². The van der Waals surface area contributed by atoms with Crippen molar-refractivity contribution in [2.24, 2.45) is 11.8 Å². The highest BCUT2D eigenvalue weighted by Crippen LogP contribution is 2.51. The molecular formula is C75H70N2. The van der Waals surface area contributed by atoms with Gasteiger partial charge in [0, 0.05) is 50.2 Å². The van der Waals surface area contributed by atoms with Gasteiger partial charge in [0.15, 0.2) is 0 Å². The van der Waals surface area contributed by atoms with Gasteiger partial charge < -0.3 is 9.88 Å². The minimum absolute atomic E-state index is 0.152. The molecule has 1 aromatic heterocycles. The summed E-state index contributed by atoms with van der Waals surface area (Å²) in [6, 6.07) is 56.4. The summed E-state index contributed by atoms with van der Waals surface area (Å²) in [5.74, 6) is 0.329. The lowest BCUT2D eigenvalue weighted by Crippen LogP contribution is -2.15. The van der Waals surface area contributed by atoms with Crippen molar-refractivity contribution < 1.29 is 0 Å². The average molecular weight is 999 g/mol. The number of nitrogens with one attached hydrogen (secondary N) is 1. The van der Waals surface area contributed by atoms with E-state index in [0.29, 0.717) is 0 Å². The van der Waals surface area contributed by atoms with E-state index < -0.39 is 0 Å². The second kappa shape index (κ2) is 22.2. The molecule has 0 bridgehead atoms. The standard InChI is InChI=1S/C75H70N2/c1-11-13-17-27-51(5)52(6)39-42-62(50(3)4)54(8)63-36-26-37-64(73(63)76-60-34-25-33-57(45-60)53(7)28-18-14-12-2)58-40-44-72-68(46-58)69-48-59(55-29-19-15-20-30-55)47-67(56-31-21-16-22-32-56)74(69)77(72)61-41-43-66-65-35-23-24-38-70(65)75(9,10)71(66)49-61/h11-44,46-49,51,57,76H,3,6-7,45H2,1-2,4-5,8-10H3/b13-11-,14-12-,27-17-,28-18-,42-39-,62-54-. The number of aromatic nitrogens is 1. The normalized spacial score (nSPS) is 15.7. The number of anilines is 1. The van der Waals surface area contributed by atoms with Crippen LogP contribution < -0.4 is 5.32 Å². The number of hydrogen-bond acceptors (Lipinski definition) is 1. The summed E-state index contributed by atoms with van der Waals surface area (Å²) in [6.45, 7) is 28.8. The van der Waals surface area contributed by atoms with E-state index in [1.165, 1.54) is 60.8 Å². The fourth-order valence-corrected chi connectivity index (χ4v) is 11.4. The van der Waals surface area contributed by atoms with Crippen molar-refractivity contribution in [1.82, 2.24) is 4.57 Å². The van der Waals surface area contributed by atoms with Crippen LogP contribution in [-0.4, -0.2) is 4.57 Å². The topological polar surface area (TPSA) is 17.0 Å². The van der Waals surface area contributed by atoms with Gasteiger partial charge >= 0.3 is 0 Å². The lowest BCUT2D eigenvalue weighted by atomic mass is 9.82. The van der Waals surface area contributed by atoms with E-state index in [1.807, 2.05) is 26.0 Å². The van der Waals surface area contributed by atoms with Crippen molar-refractivity contribution in [3.63, 3.8) is 0 Å². The van der Waals surface area contributed by atoms with Crippen LogP contribution in [0, 0.1) is 11.8 Å². The number of hydrogen-bond donors (Lipinski definition) is 1. The summed E-state index contributed by atoms with van der Waals surface area (Å²) in [5, 5.41) is 6.46. The highest BCUT2D eigenvalue weighted by molar-refractivity contribution is 6.16. The predicted molar refractivity (Wildman–Crippen MR) is 336 cm³/mol. The third kappa shape index (κ3) is 10.2. The van der Waals surface area contributed by atoms with E-state index in [1.54, 1.807) is 0 Å². The molecule has 2 nitrogen and oxygen atoms in total. The quantitative estimate of drug-likeness (QED) is 0.0955. The molecule has 380 valence electrons. The van der Waals surface area contributed by atoms with Crippen molar-refractivity contribution in [1.29, 1.82) is 0 Å². The summed E-state index contributed by atoms with van der Waals surface area (Å²) >= 11 is 0. The number of fused-ring (bicyclic) bond motifs is 6. The van der Waals surface area contributed by atoms with Crippen LogP contribution in [-0.2, 0) is 5.41 Å². The molecule has 8 aromatic rings. The van der Waals surface area contributed by atoms with Crippen LogP contribution in [0.3, 0.4) is 0 Å². The Kier molecular flexibility index (Phi) is 14.9. The lowest BCUT2D eigenvalue weighted by molar-refractivity contribution is 0.660. The van der Waals surface area contributed by atoms with Gasteiger partial charge in [-0.05, 0) is 149 Å². The second-order valence-electron chi connectivity index (χ2n) is 21.2. The maximum absolute atomic E-state index is 4.53. The molecule has 1 heterocycles. The maximum Gasteiger partial charge on any atom is 0.0619 e. The third-order valence-corrected chi connectivity index (χ3v) is 15.7. The molecule has 77 heavy (non-hydrogen) atoms. The van der Waals surface area contributed by atoms with Crippen molar-refractivity contribution in [2.75, 3.05) is 5.32 Å². The Hall–Kier alpha value is -8.72. The fraction of sp³-hybridized carbons (Fsp3) is 0.147. The summed E-state index contributed by atoms with van der Waals surface area (Å²) in [5.41, 5.74) is 24.2. The van der Waals surface area contributed by atoms with Crippen LogP contribution in [0.4, 0.5) is 5.69 Å². The molecule has 1 N–H and O–H groups in total. The summed E-state index contributed by atoms with van der Waals surface area (Å²) in [7, 11) is 0. The van der Waals surface area contributed by atoms with Gasteiger partial charge in [-0.25, -0.2) is 0 Å². The van der Waals surface area contributed by atoms with Gasteiger partial charge in [-0.3, -0.25) is 0 Å². The number of rotatable bonds is 16. The largest absolute Gasteiger partial charge is 0.358 e. The Morgan fingerprint density at radius 3 is 2.06 bits per heavy atom. The SMILES string of the molecule is C=C(C)C(/C=C\C(=C)C(C)/C=C\C=C/C)=C(/C)c1cccc(-c2ccc3c(c2)c2cc(-c4ccccc4)cc(-c4ccccc4)c2n3-c2ccc3c(c2)C(C)(C)c2ccccc2-3)c1NC1=CC=CC(C(=C)/C=C\C=C/C)C1. The predicted octanol–water partition coefficient (Wildman–Crippen LogP) is 20.9. The molecule has 2 atom stereocenters. The number of para-hydroxylation sites is 1. The molecule has 2 unspecified atom stereocenters. The van der Waals surface area contributed by atoms with Crippen LogP contribution in [0.2, 0.25) is 0 Å². The van der Waals surface area contributed by atoms with Crippen LogP contribution in [0.25, 0.3) is 77.6 Å². The van der Waals surface area contributed by atoms with E-state index in [9.17, 15) is 0 Å². The fourth-order valence-electron chi connectivity index (χ4n) is 11.4. The van der Waals surface area contributed by atoms with Crippen molar-refractivity contribution in [2.45, 2.75) is 60.3 Å². The first-order chi connectivity index (χ1) is 37.4. The zero-order chi connectivity index (χ0) is 53.8. The molecule has 0 fully saturated rings. The Bertz CT molecular complexity index is 3870. The van der Waals surface area contributed by atoms with Gasteiger partial charge in [-0.1, -0.05) is 234 Å². The van der Waals surface area contributed by atoms with E-state index in [4.69, 9.17) is 0 Å². The molecule has 10 rings (SSSR count). The van der Waals surface area contributed by atoms with Crippen LogP contribution in [0.5, 0.6) is 0 Å². The molecule has 0 saturated carbocycles.